The summed E-state index contributed by atoms with van der Waals surface area (Å²) in [6, 6.07) is 9.88. The third-order valence-corrected chi connectivity index (χ3v) is 6.50. The summed E-state index contributed by atoms with van der Waals surface area (Å²) in [5, 5.41) is 2.73. The van der Waals surface area contributed by atoms with Crippen LogP contribution in [0, 0.1) is 19.7 Å². The van der Waals surface area contributed by atoms with Crippen molar-refractivity contribution in [2.24, 2.45) is 0 Å². The molecule has 1 aliphatic heterocycles. The molecular weight excluding hydrogens is 355 g/mol. The number of carbonyl (C=O) groups excluding carboxylic acids is 1. The van der Waals surface area contributed by atoms with E-state index in [1.165, 1.54) is 22.5 Å². The first-order valence-corrected chi connectivity index (χ1v) is 9.88. The van der Waals surface area contributed by atoms with Gasteiger partial charge in [0.2, 0.25) is 15.9 Å². The van der Waals surface area contributed by atoms with Crippen LogP contribution >= 0.6 is 0 Å². The van der Waals surface area contributed by atoms with Gasteiger partial charge in [-0.15, -0.1) is 0 Å². The standard InChI is InChI=1S/C19H21FN2O3S/c1-13-5-8-16(9-6-13)26(24,25)22-11-3-4-18(22)19(23)21-17-10-7-15(20)12-14(17)2/h5-10,12,18H,3-4,11H2,1-2H3,(H,21,23)/t18-/m1/s1. The van der Waals surface area contributed by atoms with E-state index in [1.807, 2.05) is 6.92 Å². The molecule has 2 aromatic carbocycles. The van der Waals surface area contributed by atoms with Crippen LogP contribution in [-0.2, 0) is 14.8 Å². The second-order valence-electron chi connectivity index (χ2n) is 6.54. The molecule has 1 heterocycles. The zero-order chi connectivity index (χ0) is 18.9. The van der Waals surface area contributed by atoms with Crippen LogP contribution in [0.4, 0.5) is 10.1 Å². The number of rotatable bonds is 4. The largest absolute Gasteiger partial charge is 0.324 e. The van der Waals surface area contributed by atoms with Crippen molar-refractivity contribution in [2.45, 2.75) is 37.6 Å². The number of nitrogens with one attached hydrogen (secondary N) is 1. The van der Waals surface area contributed by atoms with Crippen LogP contribution in [0.5, 0.6) is 0 Å². The number of anilines is 1. The number of nitrogens with zero attached hydrogens (tertiary/aromatic N) is 1. The molecule has 0 unspecified atom stereocenters. The van der Waals surface area contributed by atoms with Crippen molar-refractivity contribution in [3.8, 4) is 0 Å². The lowest BCUT2D eigenvalue weighted by Gasteiger charge is -2.23. The minimum absolute atomic E-state index is 0.181. The molecule has 7 heteroatoms. The molecule has 0 saturated carbocycles. The van der Waals surface area contributed by atoms with Gasteiger partial charge >= 0.3 is 0 Å². The van der Waals surface area contributed by atoms with E-state index in [0.29, 0.717) is 30.6 Å². The number of sulfonamides is 1. The molecule has 0 aromatic heterocycles. The highest BCUT2D eigenvalue weighted by atomic mass is 32.2. The van der Waals surface area contributed by atoms with Gasteiger partial charge in [-0.25, -0.2) is 12.8 Å². The highest BCUT2D eigenvalue weighted by molar-refractivity contribution is 7.89. The summed E-state index contributed by atoms with van der Waals surface area (Å²) in [5.74, 6) is -0.780. The molecule has 1 saturated heterocycles. The summed E-state index contributed by atoms with van der Waals surface area (Å²) in [4.78, 5) is 12.9. The van der Waals surface area contributed by atoms with Gasteiger partial charge in [0.1, 0.15) is 11.9 Å². The topological polar surface area (TPSA) is 66.5 Å². The molecule has 1 atom stereocenters. The quantitative estimate of drug-likeness (QED) is 0.891. The van der Waals surface area contributed by atoms with E-state index in [-0.39, 0.29) is 10.7 Å². The van der Waals surface area contributed by atoms with Gasteiger partial charge in [0.15, 0.2) is 0 Å². The molecule has 26 heavy (non-hydrogen) atoms. The van der Waals surface area contributed by atoms with Gasteiger partial charge in [-0.1, -0.05) is 17.7 Å². The van der Waals surface area contributed by atoms with Crippen molar-refractivity contribution < 1.29 is 17.6 Å². The van der Waals surface area contributed by atoms with Crippen molar-refractivity contribution in [1.82, 2.24) is 4.31 Å². The van der Waals surface area contributed by atoms with Crippen molar-refractivity contribution in [3.05, 3.63) is 59.4 Å². The summed E-state index contributed by atoms with van der Waals surface area (Å²) < 4.78 is 40.3. The molecule has 1 amide bonds. The Labute approximate surface area is 152 Å². The van der Waals surface area contributed by atoms with E-state index < -0.39 is 22.0 Å². The maximum atomic E-state index is 13.2. The normalized spacial score (nSPS) is 18.0. The van der Waals surface area contributed by atoms with E-state index in [1.54, 1.807) is 31.2 Å². The Kier molecular flexibility index (Phi) is 5.11. The fourth-order valence-corrected chi connectivity index (χ4v) is 4.78. The highest BCUT2D eigenvalue weighted by Gasteiger charge is 2.39. The Bertz CT molecular complexity index is 926. The number of carbonyl (C=O) groups is 1. The lowest BCUT2D eigenvalue weighted by atomic mass is 10.1. The predicted octanol–water partition coefficient (Wildman–Crippen LogP) is 3.23. The van der Waals surface area contributed by atoms with Gasteiger partial charge in [0.05, 0.1) is 4.90 Å². The summed E-state index contributed by atoms with van der Waals surface area (Å²) >= 11 is 0. The average molecular weight is 376 g/mol. The van der Waals surface area contributed by atoms with Gasteiger partial charge < -0.3 is 5.32 Å². The number of hydrogen-bond acceptors (Lipinski definition) is 3. The molecule has 0 aliphatic carbocycles. The molecule has 0 spiro atoms. The molecule has 1 fully saturated rings. The number of halogens is 1. The van der Waals surface area contributed by atoms with E-state index in [9.17, 15) is 17.6 Å². The molecule has 1 aliphatic rings. The first-order chi connectivity index (χ1) is 12.3. The second-order valence-corrected chi connectivity index (χ2v) is 8.43. The molecule has 0 bridgehead atoms. The molecule has 5 nitrogen and oxygen atoms in total. The Balaban J connectivity index is 1.83. The van der Waals surface area contributed by atoms with Crippen LogP contribution in [-0.4, -0.2) is 31.2 Å². The van der Waals surface area contributed by atoms with Gasteiger partial charge in [-0.3, -0.25) is 4.79 Å². The van der Waals surface area contributed by atoms with E-state index in [0.717, 1.165) is 5.56 Å². The molecule has 138 valence electrons. The summed E-state index contributed by atoms with van der Waals surface area (Å²) in [7, 11) is -3.75. The Morgan fingerprint density at radius 1 is 1.15 bits per heavy atom. The number of benzene rings is 2. The smallest absolute Gasteiger partial charge is 0.243 e. The number of hydrogen-bond donors (Lipinski definition) is 1. The zero-order valence-electron chi connectivity index (χ0n) is 14.7. The van der Waals surface area contributed by atoms with E-state index in [4.69, 9.17) is 0 Å². The van der Waals surface area contributed by atoms with Crippen LogP contribution < -0.4 is 5.32 Å². The van der Waals surface area contributed by atoms with Crippen LogP contribution in [0.3, 0.4) is 0 Å². The summed E-state index contributed by atoms with van der Waals surface area (Å²) in [5.41, 5.74) is 2.03. The molecule has 1 N–H and O–H groups in total. The SMILES string of the molecule is Cc1ccc(S(=O)(=O)N2CCC[C@@H]2C(=O)Nc2ccc(F)cc2C)cc1. The fraction of sp³-hybridized carbons (Fsp3) is 0.316. The van der Waals surface area contributed by atoms with Gasteiger partial charge in [-0.05, 0) is 62.6 Å². The van der Waals surface area contributed by atoms with Crippen LogP contribution in [0.2, 0.25) is 0 Å². The highest BCUT2D eigenvalue weighted by Crippen LogP contribution is 2.27. The van der Waals surface area contributed by atoms with Gasteiger partial charge in [0, 0.05) is 12.2 Å². The van der Waals surface area contributed by atoms with Crippen LogP contribution in [0.1, 0.15) is 24.0 Å². The average Bonchev–Trinajstić information content (AvgIpc) is 3.08. The van der Waals surface area contributed by atoms with Crippen molar-refractivity contribution in [1.29, 1.82) is 0 Å². The molecule has 0 radical (unpaired) electrons. The first kappa shape index (κ1) is 18.5. The van der Waals surface area contributed by atoms with Crippen molar-refractivity contribution in [2.75, 3.05) is 11.9 Å². The van der Waals surface area contributed by atoms with E-state index >= 15 is 0 Å². The van der Waals surface area contributed by atoms with Crippen molar-refractivity contribution >= 4 is 21.6 Å². The zero-order valence-corrected chi connectivity index (χ0v) is 15.5. The Morgan fingerprint density at radius 2 is 1.85 bits per heavy atom. The first-order valence-electron chi connectivity index (χ1n) is 8.44. The summed E-state index contributed by atoms with van der Waals surface area (Å²) in [6.07, 6.45) is 1.07. The fourth-order valence-electron chi connectivity index (χ4n) is 3.12. The lowest BCUT2D eigenvalue weighted by Crippen LogP contribution is -2.43. The number of aryl methyl sites for hydroxylation is 2. The Hall–Kier alpha value is -2.25. The third kappa shape index (κ3) is 3.64. The third-order valence-electron chi connectivity index (χ3n) is 4.58. The van der Waals surface area contributed by atoms with Crippen LogP contribution in [0.15, 0.2) is 47.4 Å². The minimum Gasteiger partial charge on any atom is -0.324 e. The van der Waals surface area contributed by atoms with Crippen molar-refractivity contribution in [3.63, 3.8) is 0 Å². The van der Waals surface area contributed by atoms with Gasteiger partial charge in [0.25, 0.3) is 0 Å². The predicted molar refractivity (Wildman–Crippen MR) is 97.9 cm³/mol. The second kappa shape index (κ2) is 7.17. The molecular formula is C19H21FN2O3S. The summed E-state index contributed by atoms with van der Waals surface area (Å²) in [6.45, 7) is 3.87. The maximum Gasteiger partial charge on any atom is 0.243 e. The van der Waals surface area contributed by atoms with Gasteiger partial charge in [-0.2, -0.15) is 4.31 Å². The molecule has 2 aromatic rings. The number of amides is 1. The maximum absolute atomic E-state index is 13.2. The minimum atomic E-state index is -3.75. The molecule has 3 rings (SSSR count). The monoisotopic (exact) mass is 376 g/mol. The Morgan fingerprint density at radius 3 is 2.50 bits per heavy atom. The van der Waals surface area contributed by atoms with Crippen LogP contribution in [0.25, 0.3) is 0 Å². The lowest BCUT2D eigenvalue weighted by molar-refractivity contribution is -0.119. The van der Waals surface area contributed by atoms with E-state index in [2.05, 4.69) is 5.32 Å².